The van der Waals surface area contributed by atoms with Gasteiger partial charge in [-0.25, -0.2) is 0 Å². The molecule has 1 nitrogen and oxygen atoms in total. The van der Waals surface area contributed by atoms with Gasteiger partial charge < -0.3 is 0 Å². The summed E-state index contributed by atoms with van der Waals surface area (Å²) in [6.45, 7) is 7.38. The standard InChI is InChI=1S/C10H10.C3H4NSi/c1-3-9-7-5-6-8-10(9)4-2;4-2-1-3-5/h3-8H,1-2H2;1,3H2. The summed E-state index contributed by atoms with van der Waals surface area (Å²) in [6, 6.07) is 10.8. The molecular weight excluding hydrogens is 198 g/mol. The number of nitrogens with zero attached hydrogens (tertiary/aromatic N) is 1. The van der Waals surface area contributed by atoms with Gasteiger partial charge in [0, 0.05) is 16.7 Å². The molecule has 0 aliphatic heterocycles. The van der Waals surface area contributed by atoms with Crippen molar-refractivity contribution in [3.8, 4) is 6.07 Å². The first kappa shape index (κ1) is 13.4. The Balaban J connectivity index is 0.000000336. The van der Waals surface area contributed by atoms with Gasteiger partial charge in [0.25, 0.3) is 0 Å². The fourth-order valence-corrected chi connectivity index (χ4v) is 1.05. The summed E-state index contributed by atoms with van der Waals surface area (Å²) >= 11 is 0. The highest BCUT2D eigenvalue weighted by Crippen LogP contribution is 2.10. The molecule has 1 aromatic rings. The topological polar surface area (TPSA) is 23.8 Å². The number of benzene rings is 1. The third kappa shape index (κ3) is 5.66. The lowest BCUT2D eigenvalue weighted by molar-refractivity contribution is 1.21. The summed E-state index contributed by atoms with van der Waals surface area (Å²) in [5, 5.41) is 7.79. The van der Waals surface area contributed by atoms with E-state index in [2.05, 4.69) is 23.4 Å². The summed E-state index contributed by atoms with van der Waals surface area (Å²) in [7, 11) is 3.13. The second-order valence-corrected chi connectivity index (χ2v) is 3.20. The van der Waals surface area contributed by atoms with Crippen LogP contribution >= 0.6 is 0 Å². The minimum Gasteiger partial charge on any atom is -0.198 e. The lowest BCUT2D eigenvalue weighted by Crippen LogP contribution is -1.76. The Bertz CT molecular complexity index is 323. The molecule has 0 saturated heterocycles. The van der Waals surface area contributed by atoms with Crippen molar-refractivity contribution in [3.63, 3.8) is 0 Å². The van der Waals surface area contributed by atoms with Gasteiger partial charge in [0.05, 0.1) is 6.07 Å². The number of hydrogen-bond acceptors (Lipinski definition) is 1. The molecule has 0 aromatic heterocycles. The Labute approximate surface area is 95.2 Å². The average Bonchev–Trinajstić information content (AvgIpc) is 2.31. The van der Waals surface area contributed by atoms with E-state index in [0.29, 0.717) is 6.42 Å². The van der Waals surface area contributed by atoms with Crippen molar-refractivity contribution in [2.75, 3.05) is 0 Å². The first-order valence-electron chi connectivity index (χ1n) is 4.65. The zero-order valence-corrected chi connectivity index (χ0v) is 9.74. The third-order valence-corrected chi connectivity index (χ3v) is 1.92. The third-order valence-electron chi connectivity index (χ3n) is 1.67. The van der Waals surface area contributed by atoms with Crippen LogP contribution in [0.5, 0.6) is 0 Å². The maximum absolute atomic E-state index is 7.79. The highest BCUT2D eigenvalue weighted by Gasteiger charge is 1.89. The van der Waals surface area contributed by atoms with E-state index in [4.69, 9.17) is 5.26 Å². The van der Waals surface area contributed by atoms with Gasteiger partial charge in [-0.15, -0.1) is 0 Å². The molecule has 15 heavy (non-hydrogen) atoms. The highest BCUT2D eigenvalue weighted by molar-refractivity contribution is 6.08. The lowest BCUT2D eigenvalue weighted by atomic mass is 10.1. The first-order valence-corrected chi connectivity index (χ1v) is 5.36. The average molecular weight is 212 g/mol. The van der Waals surface area contributed by atoms with E-state index in [-0.39, 0.29) is 0 Å². The lowest BCUT2D eigenvalue weighted by Gasteiger charge is -1.96. The van der Waals surface area contributed by atoms with E-state index in [1.807, 2.05) is 42.5 Å². The second-order valence-electron chi connectivity index (χ2n) is 2.70. The normalized spacial score (nSPS) is 8.00. The Hall–Kier alpha value is -1.59. The molecule has 0 saturated carbocycles. The fraction of sp³-hybridized carbons (Fsp3) is 0.154. The molecule has 0 N–H and O–H groups in total. The molecule has 1 rings (SSSR count). The Kier molecular flexibility index (Phi) is 8.03. The van der Waals surface area contributed by atoms with E-state index in [0.717, 1.165) is 17.2 Å². The Morgan fingerprint density at radius 2 is 1.67 bits per heavy atom. The Morgan fingerprint density at radius 3 is 1.87 bits per heavy atom. The van der Waals surface area contributed by atoms with E-state index < -0.39 is 0 Å². The first-order chi connectivity index (χ1) is 7.29. The molecule has 2 heteroatoms. The smallest absolute Gasteiger partial charge is 0.0618 e. The van der Waals surface area contributed by atoms with Gasteiger partial charge in [0.15, 0.2) is 0 Å². The van der Waals surface area contributed by atoms with Crippen LogP contribution in [-0.4, -0.2) is 10.2 Å². The van der Waals surface area contributed by atoms with Crippen LogP contribution in [0, 0.1) is 11.3 Å². The van der Waals surface area contributed by atoms with Crippen molar-refractivity contribution in [3.05, 3.63) is 48.6 Å². The number of nitriles is 1. The van der Waals surface area contributed by atoms with Crippen molar-refractivity contribution in [1.29, 1.82) is 5.26 Å². The van der Waals surface area contributed by atoms with Gasteiger partial charge in [-0.3, -0.25) is 0 Å². The molecular formula is C13H14NSi. The minimum atomic E-state index is 0.608. The summed E-state index contributed by atoms with van der Waals surface area (Å²) in [4.78, 5) is 0. The predicted molar refractivity (Wildman–Crippen MR) is 67.4 cm³/mol. The quantitative estimate of drug-likeness (QED) is 0.704. The van der Waals surface area contributed by atoms with Gasteiger partial charge in [-0.1, -0.05) is 55.6 Å². The molecule has 75 valence electrons. The summed E-state index contributed by atoms with van der Waals surface area (Å²) in [5.74, 6) is 0. The van der Waals surface area contributed by atoms with E-state index in [1.54, 1.807) is 0 Å². The molecule has 0 atom stereocenters. The molecule has 0 unspecified atom stereocenters. The number of hydrogen-bond donors (Lipinski definition) is 0. The Morgan fingerprint density at radius 1 is 1.20 bits per heavy atom. The van der Waals surface area contributed by atoms with Gasteiger partial charge in [0.1, 0.15) is 0 Å². The molecule has 0 heterocycles. The van der Waals surface area contributed by atoms with E-state index >= 15 is 0 Å². The fourth-order valence-electron chi connectivity index (χ4n) is 0.939. The van der Waals surface area contributed by atoms with Crippen LogP contribution in [-0.2, 0) is 0 Å². The number of rotatable bonds is 3. The van der Waals surface area contributed by atoms with Crippen molar-refractivity contribution >= 4 is 22.4 Å². The van der Waals surface area contributed by atoms with Crippen molar-refractivity contribution in [1.82, 2.24) is 0 Å². The van der Waals surface area contributed by atoms with Gasteiger partial charge in [-0.2, -0.15) is 5.26 Å². The highest BCUT2D eigenvalue weighted by atomic mass is 28.1. The van der Waals surface area contributed by atoms with Crippen molar-refractivity contribution < 1.29 is 0 Å². The molecule has 1 aromatic carbocycles. The van der Waals surface area contributed by atoms with E-state index in [9.17, 15) is 0 Å². The maximum atomic E-state index is 7.79. The predicted octanol–water partition coefficient (Wildman–Crippen LogP) is 3.46. The van der Waals surface area contributed by atoms with Gasteiger partial charge in [0.2, 0.25) is 0 Å². The van der Waals surface area contributed by atoms with Crippen molar-refractivity contribution in [2.24, 2.45) is 0 Å². The van der Waals surface area contributed by atoms with Crippen LogP contribution in [0.2, 0.25) is 6.04 Å². The van der Waals surface area contributed by atoms with Crippen LogP contribution in [0.4, 0.5) is 0 Å². The molecule has 0 aliphatic rings. The van der Waals surface area contributed by atoms with Crippen molar-refractivity contribution in [2.45, 2.75) is 12.5 Å². The summed E-state index contributed by atoms with van der Waals surface area (Å²) < 4.78 is 0. The minimum absolute atomic E-state index is 0.608. The largest absolute Gasteiger partial charge is 0.198 e. The molecule has 0 fully saturated rings. The molecule has 0 spiro atoms. The van der Waals surface area contributed by atoms with Crippen LogP contribution in [0.15, 0.2) is 37.4 Å². The van der Waals surface area contributed by atoms with Gasteiger partial charge in [-0.05, 0) is 11.1 Å². The monoisotopic (exact) mass is 212 g/mol. The zero-order valence-electron chi connectivity index (χ0n) is 8.74. The SMILES string of the molecule is C=Cc1ccccc1C=C.N#CCC[Si]. The summed E-state index contributed by atoms with van der Waals surface area (Å²) in [6.07, 6.45) is 4.27. The molecule has 0 aliphatic carbocycles. The molecule has 0 amide bonds. The van der Waals surface area contributed by atoms with Gasteiger partial charge >= 0.3 is 0 Å². The van der Waals surface area contributed by atoms with E-state index in [1.165, 1.54) is 0 Å². The summed E-state index contributed by atoms with van der Waals surface area (Å²) in [5.41, 5.74) is 2.27. The second kappa shape index (κ2) is 8.98. The maximum Gasteiger partial charge on any atom is 0.0618 e. The van der Waals surface area contributed by atoms with Crippen LogP contribution in [0.3, 0.4) is 0 Å². The molecule has 0 bridgehead atoms. The van der Waals surface area contributed by atoms with Crippen LogP contribution < -0.4 is 0 Å². The zero-order chi connectivity index (χ0) is 11.5. The molecule has 3 radical (unpaired) electrons. The van der Waals surface area contributed by atoms with Crippen LogP contribution in [0.1, 0.15) is 17.5 Å². The van der Waals surface area contributed by atoms with Crippen LogP contribution in [0.25, 0.3) is 12.2 Å².